The third-order valence-electron chi connectivity index (χ3n) is 2.41. The average Bonchev–Trinajstić information content (AvgIpc) is 2.68. The summed E-state index contributed by atoms with van der Waals surface area (Å²) in [5.74, 6) is 0.533. The molecule has 13 heavy (non-hydrogen) atoms. The molecule has 0 radical (unpaired) electrons. The topological polar surface area (TPSA) is 70.7 Å². The van der Waals surface area contributed by atoms with Crippen molar-refractivity contribution in [2.75, 3.05) is 0 Å². The number of hydrogen-bond acceptors (Lipinski definition) is 3. The average molecular weight is 180 g/mol. The van der Waals surface area contributed by atoms with Gasteiger partial charge in [-0.3, -0.25) is 4.79 Å². The highest BCUT2D eigenvalue weighted by atomic mass is 16.2. The molecule has 0 aromatic carbocycles. The summed E-state index contributed by atoms with van der Waals surface area (Å²) in [4.78, 5) is 11.4. The Kier molecular flexibility index (Phi) is 2.00. The highest BCUT2D eigenvalue weighted by Gasteiger charge is 2.36. The van der Waals surface area contributed by atoms with Crippen molar-refractivity contribution < 1.29 is 4.79 Å². The van der Waals surface area contributed by atoms with Crippen LogP contribution in [0, 0.1) is 5.92 Å². The van der Waals surface area contributed by atoms with Gasteiger partial charge in [0.15, 0.2) is 5.69 Å². The molecule has 5 nitrogen and oxygen atoms in total. The van der Waals surface area contributed by atoms with E-state index in [-0.39, 0.29) is 5.91 Å². The first-order chi connectivity index (χ1) is 6.31. The summed E-state index contributed by atoms with van der Waals surface area (Å²) in [7, 11) is 0. The van der Waals surface area contributed by atoms with E-state index in [1.54, 1.807) is 0 Å². The lowest BCUT2D eigenvalue weighted by molar-refractivity contribution is 0.0944. The number of nitrogens with zero attached hydrogens (tertiary/aromatic N) is 2. The van der Waals surface area contributed by atoms with Gasteiger partial charge in [-0.15, -0.1) is 0 Å². The highest BCUT2D eigenvalue weighted by molar-refractivity contribution is 5.92. The Morgan fingerprint density at radius 2 is 2.69 bits per heavy atom. The molecule has 1 aromatic rings. The Morgan fingerprint density at radius 1 is 1.85 bits per heavy atom. The smallest absolute Gasteiger partial charge is 0.273 e. The van der Waals surface area contributed by atoms with Gasteiger partial charge in [0.25, 0.3) is 5.91 Å². The van der Waals surface area contributed by atoms with Crippen molar-refractivity contribution in [1.82, 2.24) is 20.7 Å². The molecule has 1 aromatic heterocycles. The summed E-state index contributed by atoms with van der Waals surface area (Å²) in [5, 5.41) is 12.6. The van der Waals surface area contributed by atoms with E-state index < -0.39 is 0 Å². The van der Waals surface area contributed by atoms with Crippen molar-refractivity contribution in [3.63, 3.8) is 0 Å². The van der Waals surface area contributed by atoms with Crippen LogP contribution in [0.5, 0.6) is 0 Å². The second-order valence-corrected chi connectivity index (χ2v) is 3.34. The summed E-state index contributed by atoms with van der Waals surface area (Å²) in [6.45, 7) is 2.13. The Balaban J connectivity index is 1.87. The fourth-order valence-corrected chi connectivity index (χ4v) is 1.43. The molecule has 1 aliphatic carbocycles. The van der Waals surface area contributed by atoms with Gasteiger partial charge in [0.05, 0.1) is 6.20 Å². The number of aromatic nitrogens is 3. The van der Waals surface area contributed by atoms with Gasteiger partial charge in [0, 0.05) is 6.04 Å². The van der Waals surface area contributed by atoms with E-state index in [0.717, 1.165) is 12.8 Å². The van der Waals surface area contributed by atoms with E-state index >= 15 is 0 Å². The lowest BCUT2D eigenvalue weighted by atomic mass is 10.3. The summed E-state index contributed by atoms with van der Waals surface area (Å²) >= 11 is 0. The first-order valence-corrected chi connectivity index (χ1v) is 4.48. The molecule has 2 rings (SSSR count). The fourth-order valence-electron chi connectivity index (χ4n) is 1.43. The van der Waals surface area contributed by atoms with E-state index in [1.807, 2.05) is 0 Å². The first-order valence-electron chi connectivity index (χ1n) is 4.48. The molecule has 0 saturated heterocycles. The van der Waals surface area contributed by atoms with Gasteiger partial charge >= 0.3 is 0 Å². The molecule has 1 fully saturated rings. The number of hydrogen-bond donors (Lipinski definition) is 2. The Labute approximate surface area is 75.9 Å². The largest absolute Gasteiger partial charge is 0.348 e. The van der Waals surface area contributed by atoms with Crippen LogP contribution >= 0.6 is 0 Å². The van der Waals surface area contributed by atoms with Crippen molar-refractivity contribution in [3.8, 4) is 0 Å². The van der Waals surface area contributed by atoms with Gasteiger partial charge in [0.1, 0.15) is 0 Å². The molecule has 2 atom stereocenters. The maximum atomic E-state index is 11.4. The number of aromatic amines is 1. The number of carbonyl (C=O) groups excluding carboxylic acids is 1. The second-order valence-electron chi connectivity index (χ2n) is 3.34. The minimum absolute atomic E-state index is 0.130. The van der Waals surface area contributed by atoms with Gasteiger partial charge in [-0.25, -0.2) is 0 Å². The van der Waals surface area contributed by atoms with Crippen molar-refractivity contribution in [2.24, 2.45) is 5.92 Å². The normalized spacial score (nSPS) is 25.6. The van der Waals surface area contributed by atoms with Crippen LogP contribution in [-0.2, 0) is 0 Å². The molecule has 0 unspecified atom stereocenters. The van der Waals surface area contributed by atoms with Crippen LogP contribution in [0.1, 0.15) is 30.3 Å². The zero-order valence-corrected chi connectivity index (χ0v) is 7.45. The van der Waals surface area contributed by atoms with Gasteiger partial charge in [0.2, 0.25) is 0 Å². The van der Waals surface area contributed by atoms with Crippen molar-refractivity contribution in [1.29, 1.82) is 0 Å². The summed E-state index contributed by atoms with van der Waals surface area (Å²) in [6.07, 6.45) is 3.66. The first kappa shape index (κ1) is 8.22. The highest BCUT2D eigenvalue weighted by Crippen LogP contribution is 2.33. The van der Waals surface area contributed by atoms with Gasteiger partial charge < -0.3 is 5.32 Å². The van der Waals surface area contributed by atoms with Crippen LogP contribution in [0.2, 0.25) is 0 Å². The summed E-state index contributed by atoms with van der Waals surface area (Å²) < 4.78 is 0. The van der Waals surface area contributed by atoms with E-state index in [4.69, 9.17) is 0 Å². The molecule has 1 aliphatic rings. The minimum Gasteiger partial charge on any atom is -0.348 e. The fraction of sp³-hybridized carbons (Fsp3) is 0.625. The van der Waals surface area contributed by atoms with E-state index in [0.29, 0.717) is 17.7 Å². The van der Waals surface area contributed by atoms with Crippen molar-refractivity contribution >= 4 is 5.91 Å². The van der Waals surface area contributed by atoms with Crippen LogP contribution in [0.4, 0.5) is 0 Å². The van der Waals surface area contributed by atoms with Crippen LogP contribution < -0.4 is 5.32 Å². The molecule has 0 bridgehead atoms. The molecular weight excluding hydrogens is 168 g/mol. The van der Waals surface area contributed by atoms with Gasteiger partial charge in [-0.1, -0.05) is 13.3 Å². The Morgan fingerprint density at radius 3 is 3.23 bits per heavy atom. The molecule has 2 N–H and O–H groups in total. The molecule has 1 amide bonds. The standard InChI is InChI=1S/C8H12N4O/c1-2-5-3-6(5)10-8(13)7-4-9-12-11-7/h4-6H,2-3H2,1H3,(H,10,13)(H,9,11,12)/t5-,6-/m1/s1. The molecule has 70 valence electrons. The van der Waals surface area contributed by atoms with Crippen LogP contribution in [0.15, 0.2) is 6.20 Å². The minimum atomic E-state index is -0.130. The van der Waals surface area contributed by atoms with Crippen LogP contribution in [-0.4, -0.2) is 27.4 Å². The monoisotopic (exact) mass is 180 g/mol. The molecule has 0 spiro atoms. The zero-order valence-electron chi connectivity index (χ0n) is 7.45. The lowest BCUT2D eigenvalue weighted by Gasteiger charge is -1.99. The van der Waals surface area contributed by atoms with Gasteiger partial charge in [-0.2, -0.15) is 15.4 Å². The number of H-pyrrole nitrogens is 1. The maximum Gasteiger partial charge on any atom is 0.273 e. The molecule has 1 heterocycles. The predicted molar refractivity (Wildman–Crippen MR) is 46.0 cm³/mol. The summed E-state index contributed by atoms with van der Waals surface area (Å²) in [5.41, 5.74) is 0.363. The number of rotatable bonds is 3. The van der Waals surface area contributed by atoms with Crippen molar-refractivity contribution in [2.45, 2.75) is 25.8 Å². The number of amides is 1. The molecular formula is C8H12N4O. The Hall–Kier alpha value is -1.39. The van der Waals surface area contributed by atoms with Crippen molar-refractivity contribution in [3.05, 3.63) is 11.9 Å². The van der Waals surface area contributed by atoms with E-state index in [2.05, 4.69) is 27.7 Å². The maximum absolute atomic E-state index is 11.4. The van der Waals surface area contributed by atoms with Crippen LogP contribution in [0.3, 0.4) is 0 Å². The molecule has 0 aliphatic heterocycles. The number of carbonyl (C=O) groups is 1. The van der Waals surface area contributed by atoms with Gasteiger partial charge in [-0.05, 0) is 12.3 Å². The summed E-state index contributed by atoms with van der Waals surface area (Å²) in [6, 6.07) is 0.356. The number of nitrogens with one attached hydrogen (secondary N) is 2. The quantitative estimate of drug-likeness (QED) is 0.704. The third kappa shape index (κ3) is 1.68. The Bertz CT molecular complexity index is 295. The van der Waals surface area contributed by atoms with Crippen LogP contribution in [0.25, 0.3) is 0 Å². The second kappa shape index (κ2) is 3.16. The lowest BCUT2D eigenvalue weighted by Crippen LogP contribution is -2.27. The molecule has 5 heteroatoms. The van der Waals surface area contributed by atoms with E-state index in [9.17, 15) is 4.79 Å². The van der Waals surface area contributed by atoms with E-state index in [1.165, 1.54) is 6.20 Å². The third-order valence-corrected chi connectivity index (χ3v) is 2.41. The SMILES string of the molecule is CC[C@@H]1C[C@H]1NC(=O)c1cn[nH]n1. The predicted octanol–water partition coefficient (Wildman–Crippen LogP) is 0.333. The zero-order chi connectivity index (χ0) is 9.26. The molecule has 1 saturated carbocycles.